The molecule has 0 spiro atoms. The molecule has 8 nitrogen and oxygen atoms in total. The van der Waals surface area contributed by atoms with Gasteiger partial charge in [0, 0.05) is 23.4 Å². The monoisotopic (exact) mass is 344 g/mol. The number of nitrogens with zero attached hydrogens (tertiary/aromatic N) is 1. The second-order valence-electron chi connectivity index (χ2n) is 5.12. The first-order valence-corrected chi connectivity index (χ1v) is 7.20. The summed E-state index contributed by atoms with van der Waals surface area (Å²) in [5.41, 5.74) is 1.53. The standard InChI is InChI=1S/C17H16N2O6/c1-10-8-12(17(21)25-3)4-6-13(10)18-16(20)11-5-7-14(19(22)23)15(9-11)24-2/h4-9H,1-3H3,(H,18,20). The number of esters is 1. The number of hydrogen-bond acceptors (Lipinski definition) is 6. The van der Waals surface area contributed by atoms with E-state index in [0.717, 1.165) is 0 Å². The molecule has 0 aliphatic carbocycles. The van der Waals surface area contributed by atoms with E-state index < -0.39 is 16.8 Å². The first kappa shape index (κ1) is 17.9. The Morgan fingerprint density at radius 3 is 2.32 bits per heavy atom. The minimum absolute atomic E-state index is 0.00425. The summed E-state index contributed by atoms with van der Waals surface area (Å²) in [4.78, 5) is 34.2. The van der Waals surface area contributed by atoms with E-state index in [-0.39, 0.29) is 17.0 Å². The van der Waals surface area contributed by atoms with Gasteiger partial charge in [0.1, 0.15) is 0 Å². The molecule has 0 atom stereocenters. The quantitative estimate of drug-likeness (QED) is 0.507. The Kier molecular flexibility index (Phi) is 5.33. The Morgan fingerprint density at radius 1 is 1.08 bits per heavy atom. The zero-order valence-electron chi connectivity index (χ0n) is 13.9. The molecule has 8 heteroatoms. The van der Waals surface area contributed by atoms with E-state index in [4.69, 9.17) is 4.74 Å². The summed E-state index contributed by atoms with van der Waals surface area (Å²) in [6.45, 7) is 1.73. The molecular formula is C17H16N2O6. The van der Waals surface area contributed by atoms with Crippen molar-refractivity contribution in [1.29, 1.82) is 0 Å². The Labute approximate surface area is 143 Å². The zero-order chi connectivity index (χ0) is 18.6. The van der Waals surface area contributed by atoms with Gasteiger partial charge in [0.15, 0.2) is 5.75 Å². The third kappa shape index (κ3) is 3.92. The molecule has 2 aromatic carbocycles. The lowest BCUT2D eigenvalue weighted by molar-refractivity contribution is -0.385. The van der Waals surface area contributed by atoms with Crippen LogP contribution in [0.15, 0.2) is 36.4 Å². The van der Waals surface area contributed by atoms with Crippen LogP contribution in [0.1, 0.15) is 26.3 Å². The van der Waals surface area contributed by atoms with Gasteiger partial charge in [0.25, 0.3) is 5.91 Å². The average molecular weight is 344 g/mol. The number of hydrogen-bond donors (Lipinski definition) is 1. The number of anilines is 1. The summed E-state index contributed by atoms with van der Waals surface area (Å²) in [5.74, 6) is -0.932. The van der Waals surface area contributed by atoms with Crippen LogP contribution in [0.2, 0.25) is 0 Å². The van der Waals surface area contributed by atoms with E-state index in [1.165, 1.54) is 38.5 Å². The molecule has 0 radical (unpaired) electrons. The molecule has 25 heavy (non-hydrogen) atoms. The van der Waals surface area contributed by atoms with Crippen molar-refractivity contribution >= 4 is 23.3 Å². The molecule has 1 N–H and O–H groups in total. The molecule has 0 saturated carbocycles. The van der Waals surface area contributed by atoms with E-state index in [1.54, 1.807) is 19.1 Å². The predicted molar refractivity (Wildman–Crippen MR) is 90.1 cm³/mol. The summed E-state index contributed by atoms with van der Waals surface area (Å²) in [6, 6.07) is 8.56. The van der Waals surface area contributed by atoms with Crippen molar-refractivity contribution in [3.8, 4) is 5.75 Å². The van der Waals surface area contributed by atoms with Gasteiger partial charge in [-0.3, -0.25) is 14.9 Å². The second kappa shape index (κ2) is 7.43. The third-order valence-electron chi connectivity index (χ3n) is 3.53. The van der Waals surface area contributed by atoms with Crippen molar-refractivity contribution in [1.82, 2.24) is 0 Å². The molecule has 130 valence electrons. The van der Waals surface area contributed by atoms with Gasteiger partial charge in [-0.25, -0.2) is 4.79 Å². The van der Waals surface area contributed by atoms with Crippen LogP contribution < -0.4 is 10.1 Å². The molecule has 0 unspecified atom stereocenters. The molecule has 0 aromatic heterocycles. The highest BCUT2D eigenvalue weighted by Crippen LogP contribution is 2.28. The molecule has 0 heterocycles. The highest BCUT2D eigenvalue weighted by atomic mass is 16.6. The van der Waals surface area contributed by atoms with E-state index in [2.05, 4.69) is 10.1 Å². The highest BCUT2D eigenvalue weighted by molar-refractivity contribution is 6.05. The summed E-state index contributed by atoms with van der Waals surface area (Å²) in [7, 11) is 2.58. The third-order valence-corrected chi connectivity index (χ3v) is 3.53. The number of nitro groups is 1. The lowest BCUT2D eigenvalue weighted by Crippen LogP contribution is -2.13. The van der Waals surface area contributed by atoms with Crippen LogP contribution >= 0.6 is 0 Å². The maximum atomic E-state index is 12.4. The van der Waals surface area contributed by atoms with Gasteiger partial charge in [-0.2, -0.15) is 0 Å². The number of nitro benzene ring substituents is 1. The topological polar surface area (TPSA) is 108 Å². The SMILES string of the molecule is COC(=O)c1ccc(NC(=O)c2ccc([N+](=O)[O-])c(OC)c2)c(C)c1. The number of benzene rings is 2. The first-order chi connectivity index (χ1) is 11.9. The maximum Gasteiger partial charge on any atom is 0.337 e. The van der Waals surface area contributed by atoms with Crippen molar-refractivity contribution in [3.05, 3.63) is 63.2 Å². The second-order valence-corrected chi connectivity index (χ2v) is 5.12. The van der Waals surface area contributed by atoms with Crippen LogP contribution in [0.4, 0.5) is 11.4 Å². The fourth-order valence-electron chi connectivity index (χ4n) is 2.21. The predicted octanol–water partition coefficient (Wildman–Crippen LogP) is 2.95. The van der Waals surface area contributed by atoms with Crippen LogP contribution in [0, 0.1) is 17.0 Å². The average Bonchev–Trinajstić information content (AvgIpc) is 2.61. The van der Waals surface area contributed by atoms with Crippen LogP contribution in [0.5, 0.6) is 5.75 Å². The van der Waals surface area contributed by atoms with E-state index >= 15 is 0 Å². The molecule has 0 bridgehead atoms. The number of amides is 1. The summed E-state index contributed by atoms with van der Waals surface area (Å²) in [6.07, 6.45) is 0. The maximum absolute atomic E-state index is 12.4. The summed E-state index contributed by atoms with van der Waals surface area (Å²) in [5, 5.41) is 13.6. The normalized spacial score (nSPS) is 10.0. The molecule has 1 amide bonds. The lowest BCUT2D eigenvalue weighted by Gasteiger charge is -2.10. The molecular weight excluding hydrogens is 328 g/mol. The number of carbonyl (C=O) groups is 2. The van der Waals surface area contributed by atoms with E-state index in [9.17, 15) is 19.7 Å². The summed E-state index contributed by atoms with van der Waals surface area (Å²) >= 11 is 0. The molecule has 2 rings (SSSR count). The number of ether oxygens (including phenoxy) is 2. The molecule has 0 fully saturated rings. The highest BCUT2D eigenvalue weighted by Gasteiger charge is 2.18. The van der Waals surface area contributed by atoms with Gasteiger partial charge in [-0.15, -0.1) is 0 Å². The fraction of sp³-hybridized carbons (Fsp3) is 0.176. The number of rotatable bonds is 5. The molecule has 0 saturated heterocycles. The van der Waals surface area contributed by atoms with Crippen molar-refractivity contribution in [2.45, 2.75) is 6.92 Å². The minimum atomic E-state index is -0.587. The van der Waals surface area contributed by atoms with Crippen LogP contribution in [-0.2, 0) is 4.74 Å². The summed E-state index contributed by atoms with van der Waals surface area (Å²) < 4.78 is 9.60. The van der Waals surface area contributed by atoms with Crippen molar-refractivity contribution < 1.29 is 24.0 Å². The first-order valence-electron chi connectivity index (χ1n) is 7.20. The van der Waals surface area contributed by atoms with E-state index in [1.807, 2.05) is 0 Å². The Bertz CT molecular complexity index is 847. The number of nitrogens with one attached hydrogen (secondary N) is 1. The lowest BCUT2D eigenvalue weighted by atomic mass is 10.1. The van der Waals surface area contributed by atoms with Gasteiger partial charge >= 0.3 is 11.7 Å². The molecule has 2 aromatic rings. The zero-order valence-corrected chi connectivity index (χ0v) is 13.9. The van der Waals surface area contributed by atoms with Crippen LogP contribution in [-0.4, -0.2) is 31.0 Å². The van der Waals surface area contributed by atoms with Gasteiger partial charge in [-0.1, -0.05) is 0 Å². The largest absolute Gasteiger partial charge is 0.490 e. The molecule has 0 aliphatic rings. The van der Waals surface area contributed by atoms with Crippen LogP contribution in [0.3, 0.4) is 0 Å². The Hall–Kier alpha value is -3.42. The van der Waals surface area contributed by atoms with Gasteiger partial charge in [0.05, 0.1) is 24.7 Å². The Balaban J connectivity index is 2.25. The minimum Gasteiger partial charge on any atom is -0.490 e. The Morgan fingerprint density at radius 2 is 1.76 bits per heavy atom. The number of carbonyl (C=O) groups excluding carboxylic acids is 2. The number of methoxy groups -OCH3 is 2. The van der Waals surface area contributed by atoms with Gasteiger partial charge in [-0.05, 0) is 36.8 Å². The van der Waals surface area contributed by atoms with Crippen molar-refractivity contribution in [2.75, 3.05) is 19.5 Å². The fourth-order valence-corrected chi connectivity index (χ4v) is 2.21. The van der Waals surface area contributed by atoms with Crippen molar-refractivity contribution in [2.24, 2.45) is 0 Å². The smallest absolute Gasteiger partial charge is 0.337 e. The van der Waals surface area contributed by atoms with E-state index in [0.29, 0.717) is 16.8 Å². The number of aryl methyl sites for hydroxylation is 1. The molecule has 0 aliphatic heterocycles. The van der Waals surface area contributed by atoms with Crippen molar-refractivity contribution in [3.63, 3.8) is 0 Å². The van der Waals surface area contributed by atoms with Gasteiger partial charge < -0.3 is 14.8 Å². The van der Waals surface area contributed by atoms with Crippen LogP contribution in [0.25, 0.3) is 0 Å². The van der Waals surface area contributed by atoms with Gasteiger partial charge in [0.2, 0.25) is 0 Å².